The smallest absolute Gasteiger partial charge is 0.418 e. The van der Waals surface area contributed by atoms with Gasteiger partial charge >= 0.3 is 18.3 Å². The van der Waals surface area contributed by atoms with Crippen LogP contribution in [0.5, 0.6) is 0 Å². The number of nitrogens with two attached hydrogens (primary N) is 1. The largest absolute Gasteiger partial charge is 0.444 e. The van der Waals surface area contributed by atoms with Crippen molar-refractivity contribution >= 4 is 40.2 Å². The molecule has 5 rings (SSSR count). The van der Waals surface area contributed by atoms with Gasteiger partial charge in [-0.05, 0) is 46.6 Å². The lowest BCUT2D eigenvalue weighted by atomic mass is 9.98. The molecule has 41 heavy (non-hydrogen) atoms. The van der Waals surface area contributed by atoms with Crippen molar-refractivity contribution in [3.05, 3.63) is 39.9 Å². The summed E-state index contributed by atoms with van der Waals surface area (Å²) in [6.07, 6.45) is -5.68. The summed E-state index contributed by atoms with van der Waals surface area (Å²) >= 11 is 6.34. The molecule has 2 N–H and O–H groups in total. The third kappa shape index (κ3) is 5.06. The summed E-state index contributed by atoms with van der Waals surface area (Å²) in [5, 5.41) is -0.589. The van der Waals surface area contributed by atoms with Gasteiger partial charge in [0.15, 0.2) is 17.5 Å². The molecular formula is C26H25ClF6N6O2. The van der Waals surface area contributed by atoms with Gasteiger partial charge in [0.05, 0.1) is 33.9 Å². The molecule has 8 nitrogen and oxygen atoms in total. The minimum atomic E-state index is -5.15. The number of benzene rings is 1. The third-order valence-corrected chi connectivity index (χ3v) is 7.44. The number of carbonyl (C=O) groups is 1. The van der Waals surface area contributed by atoms with Crippen molar-refractivity contribution in [3.8, 4) is 11.3 Å². The van der Waals surface area contributed by atoms with Crippen LogP contribution in [0.4, 0.5) is 42.8 Å². The molecule has 4 heterocycles. The molecular weight excluding hydrogens is 578 g/mol. The second kappa shape index (κ2) is 9.78. The number of anilines is 2. The molecule has 2 saturated heterocycles. The van der Waals surface area contributed by atoms with Crippen LogP contribution in [0, 0.1) is 24.6 Å². The van der Waals surface area contributed by atoms with E-state index in [0.29, 0.717) is 12.8 Å². The lowest BCUT2D eigenvalue weighted by Crippen LogP contribution is -2.57. The van der Waals surface area contributed by atoms with Crippen LogP contribution in [0.3, 0.4) is 0 Å². The maximum absolute atomic E-state index is 16.0. The van der Waals surface area contributed by atoms with E-state index < -0.39 is 74.3 Å². The zero-order valence-electron chi connectivity index (χ0n) is 22.3. The zero-order valence-corrected chi connectivity index (χ0v) is 23.1. The topological polar surface area (TPSA) is 97.5 Å². The Hall–Kier alpha value is -3.55. The summed E-state index contributed by atoms with van der Waals surface area (Å²) in [5.74, 6) is -3.75. The minimum Gasteiger partial charge on any atom is -0.444 e. The van der Waals surface area contributed by atoms with E-state index >= 15 is 4.39 Å². The molecule has 0 aliphatic carbocycles. The number of hydrogen-bond donors (Lipinski definition) is 1. The predicted molar refractivity (Wildman–Crippen MR) is 139 cm³/mol. The van der Waals surface area contributed by atoms with Gasteiger partial charge in [-0.15, -0.1) is 0 Å². The average Bonchev–Trinajstić information content (AvgIpc) is 3.10. The highest BCUT2D eigenvalue weighted by Crippen LogP contribution is 2.45. The molecule has 2 aromatic heterocycles. The molecule has 1 aromatic carbocycles. The van der Waals surface area contributed by atoms with Crippen LogP contribution in [0.25, 0.3) is 22.2 Å². The van der Waals surface area contributed by atoms with Gasteiger partial charge in [0.25, 0.3) is 0 Å². The fourth-order valence-corrected chi connectivity index (χ4v) is 5.81. The van der Waals surface area contributed by atoms with E-state index in [2.05, 4.69) is 15.0 Å². The number of nitrogen functional groups attached to an aromatic ring is 1. The molecule has 2 atom stereocenters. The first-order chi connectivity index (χ1) is 19.0. The van der Waals surface area contributed by atoms with Gasteiger partial charge in [-0.25, -0.2) is 18.6 Å². The summed E-state index contributed by atoms with van der Waals surface area (Å²) in [4.78, 5) is 27.0. The van der Waals surface area contributed by atoms with E-state index in [9.17, 15) is 26.7 Å². The maximum atomic E-state index is 16.0. The van der Waals surface area contributed by atoms with Crippen LogP contribution in [-0.4, -0.2) is 56.7 Å². The molecule has 2 fully saturated rings. The van der Waals surface area contributed by atoms with Crippen molar-refractivity contribution < 1.29 is 35.9 Å². The van der Waals surface area contributed by atoms with Crippen molar-refractivity contribution in [2.24, 2.45) is 0 Å². The molecule has 2 aliphatic rings. The fourth-order valence-electron chi connectivity index (χ4n) is 5.53. The van der Waals surface area contributed by atoms with E-state index in [0.717, 1.165) is 13.0 Å². The highest BCUT2D eigenvalue weighted by molar-refractivity contribution is 6.34. The summed E-state index contributed by atoms with van der Waals surface area (Å²) in [5.41, 5.74) is -0.266. The molecule has 15 heteroatoms. The number of rotatable bonds is 2. The Balaban J connectivity index is 1.61. The molecule has 3 aromatic rings. The number of nitrogens with zero attached hydrogens (tertiary/aromatic N) is 5. The Bertz CT molecular complexity index is 1560. The Morgan fingerprint density at radius 1 is 1.05 bits per heavy atom. The van der Waals surface area contributed by atoms with Crippen LogP contribution in [0.15, 0.2) is 6.07 Å². The second-order valence-corrected chi connectivity index (χ2v) is 11.5. The zero-order chi connectivity index (χ0) is 30.2. The number of halogens is 7. The number of hydrogen-bond acceptors (Lipinski definition) is 7. The van der Waals surface area contributed by atoms with E-state index in [1.165, 1.54) is 0 Å². The normalized spacial score (nSPS) is 19.3. The second-order valence-electron chi connectivity index (χ2n) is 11.1. The first kappa shape index (κ1) is 29.0. The summed E-state index contributed by atoms with van der Waals surface area (Å²) in [6, 6.07) is 0.503. The number of ether oxygens (including phenoxy) is 1. The number of alkyl halides is 3. The summed E-state index contributed by atoms with van der Waals surface area (Å²) in [7, 11) is 0. The van der Waals surface area contributed by atoms with Gasteiger partial charge in [0.2, 0.25) is 0 Å². The average molecular weight is 603 g/mol. The molecule has 220 valence electrons. The van der Waals surface area contributed by atoms with Crippen LogP contribution >= 0.6 is 11.6 Å². The van der Waals surface area contributed by atoms with Gasteiger partial charge in [-0.2, -0.15) is 27.5 Å². The number of amides is 1. The maximum Gasteiger partial charge on any atom is 0.418 e. The predicted octanol–water partition coefficient (Wildman–Crippen LogP) is 6.26. The van der Waals surface area contributed by atoms with Crippen molar-refractivity contribution in [2.75, 3.05) is 23.7 Å². The Labute approximate surface area is 235 Å². The Morgan fingerprint density at radius 2 is 1.66 bits per heavy atom. The quantitative estimate of drug-likeness (QED) is 0.273. The van der Waals surface area contributed by atoms with Crippen LogP contribution in [0.2, 0.25) is 5.02 Å². The minimum absolute atomic E-state index is 0.0422. The van der Waals surface area contributed by atoms with Crippen molar-refractivity contribution in [3.63, 3.8) is 0 Å². The van der Waals surface area contributed by atoms with E-state index in [-0.39, 0.29) is 36.4 Å². The molecule has 0 saturated carbocycles. The van der Waals surface area contributed by atoms with Crippen molar-refractivity contribution in [1.82, 2.24) is 19.9 Å². The molecule has 2 bridgehead atoms. The first-order valence-corrected chi connectivity index (χ1v) is 13.0. The lowest BCUT2D eigenvalue weighted by Gasteiger charge is -2.42. The van der Waals surface area contributed by atoms with Crippen LogP contribution < -0.4 is 10.6 Å². The van der Waals surface area contributed by atoms with Gasteiger partial charge in [0.1, 0.15) is 16.9 Å². The molecule has 0 radical (unpaired) electrons. The van der Waals surface area contributed by atoms with Gasteiger partial charge in [0, 0.05) is 24.0 Å². The standard InChI is InChI=1S/C26H25ClF6N6O2/c1-10-16(26(31,32)33)20(35-21(34)17(10)28)15-14(27)7-13-19(18(15)29)36-23(30)37-22(13)38-8-11-5-6-12(9-38)39(11)24(40)41-25(2,3)4/h7,11-12H,5-6,8-9H2,1-4H3,(H2,34,35). The highest BCUT2D eigenvalue weighted by Gasteiger charge is 2.45. The number of pyridine rings is 1. The monoisotopic (exact) mass is 602 g/mol. The van der Waals surface area contributed by atoms with Crippen LogP contribution in [-0.2, 0) is 10.9 Å². The number of aromatic nitrogens is 3. The molecule has 0 spiro atoms. The fraction of sp³-hybridized carbons (Fsp3) is 0.462. The number of piperazine rings is 1. The molecule has 1 amide bonds. The van der Waals surface area contributed by atoms with Gasteiger partial charge in [-0.1, -0.05) is 11.6 Å². The number of carbonyl (C=O) groups excluding carboxylic acids is 1. The van der Waals surface area contributed by atoms with Crippen molar-refractivity contribution in [1.29, 1.82) is 0 Å². The van der Waals surface area contributed by atoms with E-state index in [4.69, 9.17) is 22.1 Å². The molecule has 2 aliphatic heterocycles. The third-order valence-electron chi connectivity index (χ3n) is 7.14. The summed E-state index contributed by atoms with van der Waals surface area (Å²) in [6.45, 7) is 6.49. The Morgan fingerprint density at radius 3 is 2.22 bits per heavy atom. The highest BCUT2D eigenvalue weighted by atomic mass is 35.5. The van der Waals surface area contributed by atoms with Crippen LogP contribution in [0.1, 0.15) is 44.7 Å². The van der Waals surface area contributed by atoms with E-state index in [1.54, 1.807) is 30.6 Å². The molecule has 2 unspecified atom stereocenters. The van der Waals surface area contributed by atoms with Crippen molar-refractivity contribution in [2.45, 2.75) is 64.4 Å². The SMILES string of the molecule is Cc1c(F)c(N)nc(-c2c(Cl)cc3c(N4CC5CCC(C4)N5C(=O)OC(C)(C)C)nc(F)nc3c2F)c1C(F)(F)F. The van der Waals surface area contributed by atoms with Gasteiger partial charge < -0.3 is 15.4 Å². The van der Waals surface area contributed by atoms with E-state index in [1.807, 2.05) is 0 Å². The number of fused-ring (bicyclic) bond motifs is 3. The Kier molecular flexibility index (Phi) is 6.91. The summed E-state index contributed by atoms with van der Waals surface area (Å²) < 4.78 is 92.4. The first-order valence-electron chi connectivity index (χ1n) is 12.6. The lowest BCUT2D eigenvalue weighted by molar-refractivity contribution is -0.137. The van der Waals surface area contributed by atoms with Gasteiger partial charge in [-0.3, -0.25) is 4.90 Å².